The summed E-state index contributed by atoms with van der Waals surface area (Å²) < 4.78 is 20.4. The van der Waals surface area contributed by atoms with Crippen LogP contribution < -0.4 is 0 Å². The number of carbonyl (C=O) groups excluding carboxylic acids is 3. The van der Waals surface area contributed by atoms with Crippen molar-refractivity contribution in [2.24, 2.45) is 5.92 Å². The molecule has 0 aliphatic carbocycles. The highest BCUT2D eigenvalue weighted by Gasteiger charge is 2.60. The zero-order valence-electron chi connectivity index (χ0n) is 14.0. The highest BCUT2D eigenvalue weighted by molar-refractivity contribution is 5.68. The van der Waals surface area contributed by atoms with Crippen LogP contribution in [0.25, 0.3) is 0 Å². The molecule has 0 radical (unpaired) electrons. The SMILES string of the molecule is CCOC(=O)N1C2C[C@H]([C@H]3COC(=O)O3)N1C[C@@H]2C(C)(C)OC=O. The van der Waals surface area contributed by atoms with Crippen LogP contribution in [0.4, 0.5) is 9.59 Å². The Bertz CT molecular complexity index is 538. The van der Waals surface area contributed by atoms with Gasteiger partial charge in [-0.1, -0.05) is 0 Å². The number of nitrogens with zero attached hydrogens (tertiary/aromatic N) is 2. The first kappa shape index (κ1) is 16.8. The lowest BCUT2D eigenvalue weighted by molar-refractivity contribution is -0.146. The van der Waals surface area contributed by atoms with Crippen molar-refractivity contribution >= 4 is 18.7 Å². The highest BCUT2D eigenvalue weighted by atomic mass is 16.8. The highest BCUT2D eigenvalue weighted by Crippen LogP contribution is 2.45. The summed E-state index contributed by atoms with van der Waals surface area (Å²) in [6.07, 6.45) is -0.959. The third kappa shape index (κ3) is 2.66. The van der Waals surface area contributed by atoms with Crippen molar-refractivity contribution in [3.8, 4) is 0 Å². The van der Waals surface area contributed by atoms with Crippen LogP contribution in [0.3, 0.4) is 0 Å². The predicted octanol–water partition coefficient (Wildman–Crippen LogP) is 0.920. The first-order valence-electron chi connectivity index (χ1n) is 8.06. The van der Waals surface area contributed by atoms with Gasteiger partial charge in [-0.05, 0) is 27.2 Å². The van der Waals surface area contributed by atoms with Gasteiger partial charge in [-0.2, -0.15) is 0 Å². The maximum absolute atomic E-state index is 12.4. The van der Waals surface area contributed by atoms with Crippen LogP contribution in [0.1, 0.15) is 27.2 Å². The van der Waals surface area contributed by atoms with Crippen LogP contribution in [-0.2, 0) is 23.7 Å². The Kier molecular flexibility index (Phi) is 4.29. The summed E-state index contributed by atoms with van der Waals surface area (Å²) in [5.74, 6) is -0.0682. The first-order chi connectivity index (χ1) is 11.4. The van der Waals surface area contributed by atoms with Crippen LogP contribution in [-0.4, -0.2) is 72.3 Å². The molecule has 2 unspecified atom stereocenters. The smallest absolute Gasteiger partial charge is 0.461 e. The fourth-order valence-electron chi connectivity index (χ4n) is 3.90. The zero-order valence-corrected chi connectivity index (χ0v) is 14.0. The summed E-state index contributed by atoms with van der Waals surface area (Å²) in [6, 6.07) is -0.350. The number of rotatable bonds is 5. The molecule has 3 rings (SSSR count). The molecule has 3 saturated heterocycles. The average Bonchev–Trinajstić information content (AvgIpc) is 3.19. The predicted molar refractivity (Wildman–Crippen MR) is 78.7 cm³/mol. The van der Waals surface area contributed by atoms with Crippen LogP contribution in [0.5, 0.6) is 0 Å². The van der Waals surface area contributed by atoms with Crippen LogP contribution in [0.2, 0.25) is 0 Å². The molecule has 1 amide bonds. The quantitative estimate of drug-likeness (QED) is 0.413. The van der Waals surface area contributed by atoms with Gasteiger partial charge >= 0.3 is 12.2 Å². The molecule has 0 saturated carbocycles. The van der Waals surface area contributed by atoms with Crippen LogP contribution >= 0.6 is 0 Å². The fraction of sp³-hybridized carbons (Fsp3) is 0.800. The van der Waals surface area contributed by atoms with E-state index in [1.807, 2.05) is 18.9 Å². The van der Waals surface area contributed by atoms with Gasteiger partial charge in [0.15, 0.2) is 6.10 Å². The molecular formula is C15H22N2O7. The van der Waals surface area contributed by atoms with E-state index in [-0.39, 0.29) is 31.2 Å². The maximum atomic E-state index is 12.4. The number of amides is 1. The third-order valence-corrected chi connectivity index (χ3v) is 5.05. The van der Waals surface area contributed by atoms with Gasteiger partial charge in [0, 0.05) is 12.5 Å². The molecule has 3 aliphatic heterocycles. The summed E-state index contributed by atoms with van der Waals surface area (Å²) in [5, 5.41) is 3.43. The molecule has 134 valence electrons. The molecule has 3 heterocycles. The molecule has 9 heteroatoms. The van der Waals surface area contributed by atoms with Gasteiger partial charge in [0.25, 0.3) is 6.47 Å². The van der Waals surface area contributed by atoms with Gasteiger partial charge in [-0.25, -0.2) is 19.6 Å². The average molecular weight is 342 g/mol. The van der Waals surface area contributed by atoms with Crippen molar-refractivity contribution in [1.82, 2.24) is 10.0 Å². The Balaban J connectivity index is 1.81. The van der Waals surface area contributed by atoms with Crippen molar-refractivity contribution in [3.63, 3.8) is 0 Å². The molecule has 2 bridgehead atoms. The number of ether oxygens (including phenoxy) is 4. The van der Waals surface area contributed by atoms with E-state index in [0.29, 0.717) is 19.4 Å². The molecule has 24 heavy (non-hydrogen) atoms. The Hall–Kier alpha value is -2.03. The molecule has 0 spiro atoms. The van der Waals surface area contributed by atoms with E-state index in [1.54, 1.807) is 11.9 Å². The summed E-state index contributed by atoms with van der Waals surface area (Å²) in [4.78, 5) is 34.4. The van der Waals surface area contributed by atoms with Gasteiger partial charge in [0.2, 0.25) is 0 Å². The Labute approximate surface area is 139 Å². The van der Waals surface area contributed by atoms with E-state index in [4.69, 9.17) is 18.9 Å². The molecule has 5 atom stereocenters. The molecule has 3 fully saturated rings. The van der Waals surface area contributed by atoms with Crippen molar-refractivity contribution in [3.05, 3.63) is 0 Å². The largest absolute Gasteiger partial charge is 0.508 e. The zero-order chi connectivity index (χ0) is 17.5. The Morgan fingerprint density at radius 3 is 2.75 bits per heavy atom. The number of fused-ring (bicyclic) bond motifs is 2. The Morgan fingerprint density at radius 1 is 1.42 bits per heavy atom. The molecule has 3 aliphatic rings. The first-order valence-corrected chi connectivity index (χ1v) is 8.06. The second kappa shape index (κ2) is 6.12. The normalized spacial score (nSPS) is 34.7. The number of cyclic esters (lactones) is 2. The second-order valence-corrected chi connectivity index (χ2v) is 6.68. The van der Waals surface area contributed by atoms with Gasteiger partial charge < -0.3 is 18.9 Å². The monoisotopic (exact) mass is 342 g/mol. The van der Waals surface area contributed by atoms with Crippen molar-refractivity contribution in [2.45, 2.75) is 51.0 Å². The van der Waals surface area contributed by atoms with E-state index in [2.05, 4.69) is 0 Å². The summed E-state index contributed by atoms with van der Waals surface area (Å²) in [6.45, 7) is 6.76. The molecule has 0 aromatic carbocycles. The third-order valence-electron chi connectivity index (χ3n) is 5.05. The second-order valence-electron chi connectivity index (χ2n) is 6.68. The van der Waals surface area contributed by atoms with Crippen molar-refractivity contribution < 1.29 is 33.3 Å². The molecule has 0 aromatic heterocycles. The number of piperidine rings is 1. The van der Waals surface area contributed by atoms with E-state index < -0.39 is 24.0 Å². The van der Waals surface area contributed by atoms with E-state index >= 15 is 0 Å². The fourth-order valence-corrected chi connectivity index (χ4v) is 3.90. The Morgan fingerprint density at radius 2 is 2.17 bits per heavy atom. The molecule has 0 N–H and O–H groups in total. The lowest BCUT2D eigenvalue weighted by Gasteiger charge is -2.36. The topological polar surface area (TPSA) is 94.6 Å². The van der Waals surface area contributed by atoms with E-state index in [1.165, 1.54) is 0 Å². The summed E-state index contributed by atoms with van der Waals surface area (Å²) in [7, 11) is 0. The van der Waals surface area contributed by atoms with E-state index in [0.717, 1.165) is 0 Å². The summed E-state index contributed by atoms with van der Waals surface area (Å²) >= 11 is 0. The van der Waals surface area contributed by atoms with Crippen LogP contribution in [0.15, 0.2) is 0 Å². The van der Waals surface area contributed by atoms with E-state index in [9.17, 15) is 14.4 Å². The standard InChI is InChI=1S/C15H22N2O7/c1-4-21-13(19)17-10-5-11(12-7-22-14(20)24-12)16(17)6-9(10)15(2,3)23-8-18/h8-12H,4-7H2,1-3H3/t9-,10?,11+,12+/m0/s1. The minimum absolute atomic E-state index is 0.0682. The number of hydrogen-bond acceptors (Lipinski definition) is 8. The minimum Gasteiger partial charge on any atom is -0.461 e. The van der Waals surface area contributed by atoms with Gasteiger partial charge in [-0.3, -0.25) is 4.79 Å². The maximum Gasteiger partial charge on any atom is 0.508 e. The summed E-state index contributed by atoms with van der Waals surface area (Å²) in [5.41, 5.74) is -0.722. The van der Waals surface area contributed by atoms with Gasteiger partial charge in [-0.15, -0.1) is 0 Å². The lowest BCUT2D eigenvalue weighted by atomic mass is 9.80. The molecule has 0 aromatic rings. The number of hydrogen-bond donors (Lipinski definition) is 0. The van der Waals surface area contributed by atoms with Gasteiger partial charge in [0.05, 0.1) is 18.7 Å². The molecular weight excluding hydrogens is 320 g/mol. The molecule has 9 nitrogen and oxygen atoms in total. The lowest BCUT2D eigenvalue weighted by Crippen LogP contribution is -2.49. The van der Waals surface area contributed by atoms with Crippen molar-refractivity contribution in [2.75, 3.05) is 19.8 Å². The number of carbonyl (C=O) groups is 3. The number of hydrazine groups is 1. The van der Waals surface area contributed by atoms with Crippen molar-refractivity contribution in [1.29, 1.82) is 0 Å². The van der Waals surface area contributed by atoms with Crippen LogP contribution in [0, 0.1) is 5.92 Å². The van der Waals surface area contributed by atoms with Gasteiger partial charge in [0.1, 0.15) is 12.2 Å². The minimum atomic E-state index is -0.722.